The molecule has 0 bridgehead atoms. The number of hydrogen-bond acceptors (Lipinski definition) is 4. The van der Waals surface area contributed by atoms with Gasteiger partial charge in [0.1, 0.15) is 18.4 Å². The van der Waals surface area contributed by atoms with Crippen molar-refractivity contribution in [2.45, 2.75) is 32.9 Å². The largest absolute Gasteiger partial charge is 0.354 e. The fourth-order valence-corrected chi connectivity index (χ4v) is 4.24. The van der Waals surface area contributed by atoms with Crippen LogP contribution in [0.2, 0.25) is 0 Å². The minimum atomic E-state index is -3.79. The molecule has 0 saturated heterocycles. The molecule has 0 aromatic heterocycles. The lowest BCUT2D eigenvalue weighted by atomic mass is 10.1. The van der Waals surface area contributed by atoms with Crippen molar-refractivity contribution in [3.63, 3.8) is 0 Å². The van der Waals surface area contributed by atoms with Crippen LogP contribution in [0.15, 0.2) is 53.0 Å². The van der Waals surface area contributed by atoms with Gasteiger partial charge in [0.2, 0.25) is 21.8 Å². The van der Waals surface area contributed by atoms with Crippen LogP contribution in [-0.4, -0.2) is 50.5 Å². The van der Waals surface area contributed by atoms with Crippen molar-refractivity contribution < 1.29 is 22.4 Å². The van der Waals surface area contributed by atoms with Crippen molar-refractivity contribution in [1.82, 2.24) is 10.2 Å². The predicted octanol–water partition coefficient (Wildman–Crippen LogP) is 3.30. The summed E-state index contributed by atoms with van der Waals surface area (Å²) >= 11 is 3.31. The van der Waals surface area contributed by atoms with Gasteiger partial charge in [-0.25, -0.2) is 12.8 Å². The lowest BCUT2D eigenvalue weighted by molar-refractivity contribution is -0.139. The normalized spacial score (nSPS) is 12.2. The Bertz CT molecular complexity index is 1050. The number of halogens is 2. The van der Waals surface area contributed by atoms with Gasteiger partial charge in [-0.2, -0.15) is 0 Å². The lowest BCUT2D eigenvalue weighted by Crippen LogP contribution is -2.51. The van der Waals surface area contributed by atoms with Gasteiger partial charge < -0.3 is 10.2 Å². The summed E-state index contributed by atoms with van der Waals surface area (Å²) in [6.45, 7) is 3.48. The molecule has 2 aromatic carbocycles. The molecule has 0 saturated carbocycles. The van der Waals surface area contributed by atoms with E-state index in [4.69, 9.17) is 0 Å². The molecule has 174 valence electrons. The fraction of sp³-hybridized carbons (Fsp3) is 0.364. The fourth-order valence-electron chi connectivity index (χ4n) is 3.01. The van der Waals surface area contributed by atoms with Crippen LogP contribution in [0, 0.1) is 5.82 Å². The summed E-state index contributed by atoms with van der Waals surface area (Å²) in [6, 6.07) is 11.3. The second-order valence-corrected chi connectivity index (χ2v) is 10.2. The van der Waals surface area contributed by atoms with Crippen LogP contribution in [0.5, 0.6) is 0 Å². The number of carbonyl (C=O) groups is 2. The number of hydrogen-bond donors (Lipinski definition) is 1. The van der Waals surface area contributed by atoms with E-state index in [1.807, 2.05) is 6.92 Å². The van der Waals surface area contributed by atoms with Gasteiger partial charge in [0.15, 0.2) is 0 Å². The number of carbonyl (C=O) groups excluding carboxylic acids is 2. The van der Waals surface area contributed by atoms with Gasteiger partial charge >= 0.3 is 0 Å². The number of nitrogens with one attached hydrogen (secondary N) is 1. The number of amides is 2. The van der Waals surface area contributed by atoms with Crippen LogP contribution in [0.1, 0.15) is 25.8 Å². The van der Waals surface area contributed by atoms with Gasteiger partial charge in [0.05, 0.1) is 11.9 Å². The van der Waals surface area contributed by atoms with Crippen LogP contribution in [0.3, 0.4) is 0 Å². The van der Waals surface area contributed by atoms with E-state index in [1.165, 1.54) is 29.2 Å². The molecule has 0 aliphatic heterocycles. The molecule has 2 rings (SSSR count). The first-order valence-corrected chi connectivity index (χ1v) is 12.7. The highest BCUT2D eigenvalue weighted by Crippen LogP contribution is 2.23. The zero-order valence-electron chi connectivity index (χ0n) is 18.2. The Kier molecular flexibility index (Phi) is 9.21. The smallest absolute Gasteiger partial charge is 0.244 e. The van der Waals surface area contributed by atoms with E-state index in [9.17, 15) is 22.4 Å². The molecule has 32 heavy (non-hydrogen) atoms. The molecule has 0 spiro atoms. The van der Waals surface area contributed by atoms with Crippen LogP contribution in [0.4, 0.5) is 10.1 Å². The molecular weight excluding hydrogens is 501 g/mol. The molecule has 10 heteroatoms. The minimum absolute atomic E-state index is 0.0237. The average molecular weight is 528 g/mol. The molecule has 0 fully saturated rings. The van der Waals surface area contributed by atoms with Crippen LogP contribution in [0.25, 0.3) is 0 Å². The molecule has 0 radical (unpaired) electrons. The summed E-state index contributed by atoms with van der Waals surface area (Å²) in [6.07, 6.45) is 1.75. The first kappa shape index (κ1) is 25.8. The van der Waals surface area contributed by atoms with Gasteiger partial charge in [-0.15, -0.1) is 0 Å². The third-order valence-electron chi connectivity index (χ3n) is 4.76. The maximum Gasteiger partial charge on any atom is 0.244 e. The van der Waals surface area contributed by atoms with Crippen molar-refractivity contribution in [3.05, 3.63) is 64.4 Å². The van der Waals surface area contributed by atoms with E-state index in [0.717, 1.165) is 17.0 Å². The molecule has 0 aliphatic rings. The second-order valence-electron chi connectivity index (χ2n) is 7.36. The van der Waals surface area contributed by atoms with Crippen molar-refractivity contribution in [3.8, 4) is 0 Å². The van der Waals surface area contributed by atoms with Crippen molar-refractivity contribution >= 4 is 43.5 Å². The average Bonchev–Trinajstić information content (AvgIpc) is 2.73. The second kappa shape index (κ2) is 11.4. The third-order valence-corrected chi connectivity index (χ3v) is 6.39. The van der Waals surface area contributed by atoms with Crippen LogP contribution < -0.4 is 9.62 Å². The Labute approximate surface area is 196 Å². The highest BCUT2D eigenvalue weighted by Gasteiger charge is 2.30. The standard InChI is InChI=1S/C22H27BrFN3O4S/c1-4-12-25-22(29)16(2)26(14-17-8-10-19(24)11-9-17)21(28)15-27(32(3,30)31)20-7-5-6-18(23)13-20/h5-11,13,16H,4,12,14-15H2,1-3H3,(H,25,29)/t16-/m1/s1. The van der Waals surface area contributed by atoms with E-state index >= 15 is 0 Å². The Morgan fingerprint density at radius 3 is 2.38 bits per heavy atom. The van der Waals surface area contributed by atoms with Crippen molar-refractivity contribution in [2.24, 2.45) is 0 Å². The SMILES string of the molecule is CCCNC(=O)[C@@H](C)N(Cc1ccc(F)cc1)C(=O)CN(c1cccc(Br)c1)S(C)(=O)=O. The molecule has 7 nitrogen and oxygen atoms in total. The number of benzene rings is 2. The van der Waals surface area contributed by atoms with Gasteiger partial charge in [-0.3, -0.25) is 13.9 Å². The maximum absolute atomic E-state index is 13.3. The number of anilines is 1. The summed E-state index contributed by atoms with van der Waals surface area (Å²) in [5.74, 6) is -1.33. The lowest BCUT2D eigenvalue weighted by Gasteiger charge is -2.31. The topological polar surface area (TPSA) is 86.8 Å². The van der Waals surface area contributed by atoms with Crippen molar-refractivity contribution in [2.75, 3.05) is 23.7 Å². The monoisotopic (exact) mass is 527 g/mol. The van der Waals surface area contributed by atoms with Gasteiger partial charge in [-0.05, 0) is 49.2 Å². The van der Waals surface area contributed by atoms with E-state index in [1.54, 1.807) is 31.2 Å². The van der Waals surface area contributed by atoms with Crippen LogP contribution >= 0.6 is 15.9 Å². The first-order valence-electron chi connectivity index (χ1n) is 10.1. The molecule has 1 atom stereocenters. The predicted molar refractivity (Wildman–Crippen MR) is 126 cm³/mol. The van der Waals surface area contributed by atoms with Gasteiger partial charge in [0.25, 0.3) is 0 Å². The summed E-state index contributed by atoms with van der Waals surface area (Å²) in [4.78, 5) is 27.2. The Morgan fingerprint density at radius 2 is 1.81 bits per heavy atom. The molecule has 0 unspecified atom stereocenters. The highest BCUT2D eigenvalue weighted by molar-refractivity contribution is 9.10. The highest BCUT2D eigenvalue weighted by atomic mass is 79.9. The van der Waals surface area contributed by atoms with Gasteiger partial charge in [-0.1, -0.05) is 41.1 Å². The molecule has 2 aromatic rings. The Hall–Kier alpha value is -2.46. The van der Waals surface area contributed by atoms with E-state index in [0.29, 0.717) is 22.3 Å². The summed E-state index contributed by atoms with van der Waals surface area (Å²) in [7, 11) is -3.79. The Balaban J connectivity index is 2.35. The van der Waals surface area contributed by atoms with Crippen LogP contribution in [-0.2, 0) is 26.2 Å². The number of nitrogens with zero attached hydrogens (tertiary/aromatic N) is 2. The zero-order chi connectivity index (χ0) is 23.9. The summed E-state index contributed by atoms with van der Waals surface area (Å²) in [5.41, 5.74) is 0.934. The molecule has 0 aliphatic carbocycles. The molecule has 1 N–H and O–H groups in total. The molecular formula is C22H27BrFN3O4S. The quantitative estimate of drug-likeness (QED) is 0.513. The Morgan fingerprint density at radius 1 is 1.16 bits per heavy atom. The minimum Gasteiger partial charge on any atom is -0.354 e. The van der Waals surface area contributed by atoms with E-state index < -0.39 is 34.3 Å². The van der Waals surface area contributed by atoms with E-state index in [-0.39, 0.29) is 12.5 Å². The maximum atomic E-state index is 13.3. The summed E-state index contributed by atoms with van der Waals surface area (Å²) in [5, 5.41) is 2.75. The van der Waals surface area contributed by atoms with E-state index in [2.05, 4.69) is 21.2 Å². The number of rotatable bonds is 10. The number of sulfonamides is 1. The van der Waals surface area contributed by atoms with Crippen molar-refractivity contribution in [1.29, 1.82) is 0 Å². The summed E-state index contributed by atoms with van der Waals surface area (Å²) < 4.78 is 39.9. The molecule has 0 heterocycles. The van der Waals surface area contributed by atoms with Gasteiger partial charge in [0, 0.05) is 17.6 Å². The molecule has 2 amide bonds. The zero-order valence-corrected chi connectivity index (χ0v) is 20.6. The third kappa shape index (κ3) is 7.30. The first-order chi connectivity index (χ1) is 15.0.